The second kappa shape index (κ2) is 4.72. The number of ether oxygens (including phenoxy) is 1. The van der Waals surface area contributed by atoms with Gasteiger partial charge in [-0.2, -0.15) is 5.10 Å². The van der Waals surface area contributed by atoms with Crippen molar-refractivity contribution in [2.75, 3.05) is 6.61 Å². The van der Waals surface area contributed by atoms with Crippen LogP contribution in [-0.2, 0) is 11.2 Å². The number of nitrogens with zero attached hydrogens (tertiary/aromatic N) is 1. The zero-order chi connectivity index (χ0) is 15.3. The van der Waals surface area contributed by atoms with Crippen LogP contribution in [0.4, 0.5) is 0 Å². The van der Waals surface area contributed by atoms with Crippen LogP contribution in [0.3, 0.4) is 0 Å². The predicted octanol–water partition coefficient (Wildman–Crippen LogP) is 3.39. The van der Waals surface area contributed by atoms with E-state index in [9.17, 15) is 4.79 Å². The number of nitrogens with one attached hydrogen (secondary N) is 1. The third-order valence-corrected chi connectivity index (χ3v) is 4.75. The molecule has 4 heteroatoms. The van der Waals surface area contributed by atoms with Crippen LogP contribution >= 0.6 is 0 Å². The quantitative estimate of drug-likeness (QED) is 0.734. The molecule has 0 spiro atoms. The van der Waals surface area contributed by atoms with Gasteiger partial charge < -0.3 is 4.74 Å². The molecule has 1 aromatic carbocycles. The minimum absolute atomic E-state index is 0.317. The topological polar surface area (TPSA) is 55.0 Å². The van der Waals surface area contributed by atoms with Crippen molar-refractivity contribution in [3.05, 3.63) is 39.1 Å². The van der Waals surface area contributed by atoms with Gasteiger partial charge in [0, 0.05) is 17.5 Å². The average Bonchev–Trinajstić information content (AvgIpc) is 3.01. The largest absolute Gasteiger partial charge is 0.461 e. The van der Waals surface area contributed by atoms with Crippen molar-refractivity contribution >= 4 is 5.97 Å². The maximum Gasteiger partial charge on any atom is 0.356 e. The molecule has 21 heavy (non-hydrogen) atoms. The van der Waals surface area contributed by atoms with E-state index in [1.807, 2.05) is 6.92 Å². The lowest BCUT2D eigenvalue weighted by molar-refractivity contribution is 0.0518. The number of benzene rings is 1. The molecule has 1 aliphatic carbocycles. The number of esters is 1. The Balaban J connectivity index is 2.19. The molecule has 0 radical (unpaired) electrons. The van der Waals surface area contributed by atoms with E-state index in [0.29, 0.717) is 12.3 Å². The number of rotatable bonds is 2. The molecule has 0 saturated carbocycles. The number of aromatic amines is 1. The summed E-state index contributed by atoms with van der Waals surface area (Å²) < 4.78 is 5.11. The van der Waals surface area contributed by atoms with Gasteiger partial charge in [0.1, 0.15) is 5.69 Å². The number of fused-ring (bicyclic) bond motifs is 3. The van der Waals surface area contributed by atoms with E-state index < -0.39 is 0 Å². The Morgan fingerprint density at radius 1 is 1.10 bits per heavy atom. The second-order valence-electron chi connectivity index (χ2n) is 5.68. The van der Waals surface area contributed by atoms with Crippen molar-refractivity contribution in [3.8, 4) is 11.3 Å². The Hall–Kier alpha value is -2.10. The SMILES string of the molecule is CCOC(=O)c1[nH]nc2c1Cc1c(C)c(C)c(C)c(C)c1-2. The lowest BCUT2D eigenvalue weighted by Crippen LogP contribution is -2.08. The first-order chi connectivity index (χ1) is 9.97. The minimum Gasteiger partial charge on any atom is -0.461 e. The van der Waals surface area contributed by atoms with Crippen LogP contribution in [0.2, 0.25) is 0 Å². The van der Waals surface area contributed by atoms with Gasteiger partial charge in [-0.15, -0.1) is 0 Å². The molecular formula is C17H20N2O2. The summed E-state index contributed by atoms with van der Waals surface area (Å²) in [5.74, 6) is -0.317. The number of hydrogen-bond donors (Lipinski definition) is 1. The van der Waals surface area contributed by atoms with Gasteiger partial charge in [0.2, 0.25) is 0 Å². The van der Waals surface area contributed by atoms with Crippen LogP contribution in [0, 0.1) is 27.7 Å². The Bertz CT molecular complexity index is 757. The zero-order valence-corrected chi connectivity index (χ0v) is 13.2. The van der Waals surface area contributed by atoms with Crippen molar-refractivity contribution in [1.29, 1.82) is 0 Å². The normalized spacial score (nSPS) is 12.2. The highest BCUT2D eigenvalue weighted by Gasteiger charge is 2.31. The lowest BCUT2D eigenvalue weighted by atomic mass is 9.90. The first-order valence-corrected chi connectivity index (χ1v) is 7.31. The molecule has 110 valence electrons. The summed E-state index contributed by atoms with van der Waals surface area (Å²) in [5, 5.41) is 7.25. The van der Waals surface area contributed by atoms with E-state index in [4.69, 9.17) is 4.74 Å². The number of carbonyl (C=O) groups excluding carboxylic acids is 1. The van der Waals surface area contributed by atoms with Crippen LogP contribution < -0.4 is 0 Å². The fourth-order valence-corrected chi connectivity index (χ4v) is 3.22. The Labute approximate surface area is 124 Å². The number of aromatic nitrogens is 2. The van der Waals surface area contributed by atoms with E-state index in [1.165, 1.54) is 33.4 Å². The zero-order valence-electron chi connectivity index (χ0n) is 13.2. The van der Waals surface area contributed by atoms with E-state index in [1.54, 1.807) is 0 Å². The molecule has 0 aliphatic heterocycles. The van der Waals surface area contributed by atoms with Gasteiger partial charge in [0.15, 0.2) is 0 Å². The van der Waals surface area contributed by atoms with Crippen LogP contribution in [-0.4, -0.2) is 22.8 Å². The standard InChI is InChI=1S/C17H20N2O2/c1-6-21-17(20)16-13-7-12-10(4)8(2)9(3)11(5)14(12)15(13)18-19-16/h6-7H2,1-5H3,(H,18,19). The van der Waals surface area contributed by atoms with Crippen LogP contribution in [0.5, 0.6) is 0 Å². The van der Waals surface area contributed by atoms with E-state index in [2.05, 4.69) is 37.9 Å². The molecule has 1 heterocycles. The number of H-pyrrole nitrogens is 1. The summed E-state index contributed by atoms with van der Waals surface area (Å²) in [4.78, 5) is 12.0. The van der Waals surface area contributed by atoms with Gasteiger partial charge in [-0.1, -0.05) is 0 Å². The molecule has 1 N–H and O–H groups in total. The molecule has 3 rings (SSSR count). The Morgan fingerprint density at radius 2 is 1.76 bits per heavy atom. The Kier molecular flexibility index (Phi) is 3.12. The van der Waals surface area contributed by atoms with Crippen LogP contribution in [0.1, 0.15) is 50.8 Å². The third kappa shape index (κ3) is 1.82. The van der Waals surface area contributed by atoms with Gasteiger partial charge in [0.25, 0.3) is 0 Å². The summed E-state index contributed by atoms with van der Waals surface area (Å²) in [6.45, 7) is 10.8. The monoisotopic (exact) mass is 284 g/mol. The third-order valence-electron chi connectivity index (χ3n) is 4.75. The van der Waals surface area contributed by atoms with Crippen LogP contribution in [0.15, 0.2) is 0 Å². The molecule has 0 atom stereocenters. The molecule has 0 fully saturated rings. The second-order valence-corrected chi connectivity index (χ2v) is 5.68. The average molecular weight is 284 g/mol. The van der Waals surface area contributed by atoms with Gasteiger partial charge >= 0.3 is 5.97 Å². The molecule has 1 aliphatic rings. The molecular weight excluding hydrogens is 264 g/mol. The highest BCUT2D eigenvalue weighted by Crippen LogP contribution is 2.43. The molecule has 0 unspecified atom stereocenters. The summed E-state index contributed by atoms with van der Waals surface area (Å²) >= 11 is 0. The van der Waals surface area contributed by atoms with Gasteiger partial charge in [-0.25, -0.2) is 4.79 Å². The van der Waals surface area contributed by atoms with Crippen molar-refractivity contribution in [2.45, 2.75) is 41.0 Å². The van der Waals surface area contributed by atoms with Crippen molar-refractivity contribution in [1.82, 2.24) is 10.2 Å². The van der Waals surface area contributed by atoms with Crippen molar-refractivity contribution in [3.63, 3.8) is 0 Å². The summed E-state index contributed by atoms with van der Waals surface area (Å²) in [6, 6.07) is 0. The fraction of sp³-hybridized carbons (Fsp3) is 0.412. The number of carbonyl (C=O) groups is 1. The van der Waals surface area contributed by atoms with Gasteiger partial charge in [-0.05, 0) is 62.4 Å². The maximum atomic E-state index is 12.0. The molecule has 0 saturated heterocycles. The maximum absolute atomic E-state index is 12.0. The van der Waals surface area contributed by atoms with E-state index in [0.717, 1.165) is 17.7 Å². The molecule has 1 aromatic heterocycles. The molecule has 0 amide bonds. The number of hydrogen-bond acceptors (Lipinski definition) is 3. The van der Waals surface area contributed by atoms with E-state index >= 15 is 0 Å². The summed E-state index contributed by atoms with van der Waals surface area (Å²) in [7, 11) is 0. The first-order valence-electron chi connectivity index (χ1n) is 7.31. The lowest BCUT2D eigenvalue weighted by Gasteiger charge is -2.15. The van der Waals surface area contributed by atoms with Gasteiger partial charge in [-0.3, -0.25) is 5.10 Å². The first kappa shape index (κ1) is 13.9. The van der Waals surface area contributed by atoms with Crippen LogP contribution in [0.25, 0.3) is 11.3 Å². The predicted molar refractivity (Wildman–Crippen MR) is 81.7 cm³/mol. The highest BCUT2D eigenvalue weighted by molar-refractivity contribution is 5.94. The van der Waals surface area contributed by atoms with E-state index in [-0.39, 0.29) is 5.97 Å². The van der Waals surface area contributed by atoms with Crippen molar-refractivity contribution < 1.29 is 9.53 Å². The molecule has 4 nitrogen and oxygen atoms in total. The fourth-order valence-electron chi connectivity index (χ4n) is 3.22. The molecule has 2 aromatic rings. The van der Waals surface area contributed by atoms with Crippen molar-refractivity contribution in [2.24, 2.45) is 0 Å². The smallest absolute Gasteiger partial charge is 0.356 e. The summed E-state index contributed by atoms with van der Waals surface area (Å²) in [5.41, 5.74) is 10.1. The highest BCUT2D eigenvalue weighted by atomic mass is 16.5. The minimum atomic E-state index is -0.317. The molecule has 0 bridgehead atoms. The summed E-state index contributed by atoms with van der Waals surface area (Å²) in [6.07, 6.45) is 0.753. The van der Waals surface area contributed by atoms with Gasteiger partial charge in [0.05, 0.1) is 12.3 Å². The Morgan fingerprint density at radius 3 is 2.43 bits per heavy atom.